The van der Waals surface area contributed by atoms with Crippen molar-refractivity contribution in [1.82, 2.24) is 10.3 Å². The first-order chi connectivity index (χ1) is 8.30. The molecule has 5 heteroatoms. The average molecular weight is 272 g/mol. The number of nitrogens with one attached hydrogen (secondary N) is 1. The molecule has 0 aromatic carbocycles. The van der Waals surface area contributed by atoms with Crippen molar-refractivity contribution in [2.24, 2.45) is 0 Å². The molecule has 3 nitrogen and oxygen atoms in total. The minimum absolute atomic E-state index is 0.303. The molecule has 17 heavy (non-hydrogen) atoms. The van der Waals surface area contributed by atoms with Crippen LogP contribution in [0.1, 0.15) is 32.1 Å². The van der Waals surface area contributed by atoms with Crippen LogP contribution in [0.4, 0.5) is 5.13 Å². The molecule has 1 aromatic rings. The lowest BCUT2D eigenvalue weighted by atomic mass is 9.79. The van der Waals surface area contributed by atoms with Crippen molar-refractivity contribution in [1.29, 1.82) is 0 Å². The Morgan fingerprint density at radius 1 is 1.35 bits per heavy atom. The Kier molecular flexibility index (Phi) is 3.28. The van der Waals surface area contributed by atoms with Crippen LogP contribution < -0.4 is 10.2 Å². The number of aromatic nitrogens is 1. The third kappa shape index (κ3) is 2.18. The van der Waals surface area contributed by atoms with Crippen LogP contribution in [0.3, 0.4) is 0 Å². The molecule has 0 bridgehead atoms. The molecule has 2 heterocycles. The second kappa shape index (κ2) is 4.75. The Bertz CT molecular complexity index is 379. The number of thiazole rings is 1. The molecular weight excluding hydrogens is 254 g/mol. The summed E-state index contributed by atoms with van der Waals surface area (Å²) in [4.78, 5) is 6.98. The monoisotopic (exact) mass is 271 g/mol. The fourth-order valence-corrected chi connectivity index (χ4v) is 4.25. The van der Waals surface area contributed by atoms with Crippen LogP contribution >= 0.6 is 22.9 Å². The van der Waals surface area contributed by atoms with E-state index in [0.29, 0.717) is 10.7 Å². The number of anilines is 1. The minimum Gasteiger partial charge on any atom is -0.340 e. The smallest absolute Gasteiger partial charge is 0.187 e. The first-order valence-electron chi connectivity index (χ1n) is 6.40. The molecule has 94 valence electrons. The van der Waals surface area contributed by atoms with Crippen LogP contribution in [0.15, 0.2) is 5.38 Å². The largest absolute Gasteiger partial charge is 0.340 e. The maximum absolute atomic E-state index is 5.96. The van der Waals surface area contributed by atoms with Crippen LogP contribution in [-0.2, 0) is 0 Å². The predicted molar refractivity (Wildman–Crippen MR) is 73.2 cm³/mol. The van der Waals surface area contributed by atoms with E-state index in [1.807, 2.05) is 5.38 Å². The van der Waals surface area contributed by atoms with E-state index in [2.05, 4.69) is 15.2 Å². The van der Waals surface area contributed by atoms with Crippen molar-refractivity contribution in [3.05, 3.63) is 10.5 Å². The minimum atomic E-state index is 0.303. The van der Waals surface area contributed by atoms with Crippen molar-refractivity contribution in [2.45, 2.75) is 37.6 Å². The van der Waals surface area contributed by atoms with Gasteiger partial charge in [-0.05, 0) is 12.8 Å². The van der Waals surface area contributed by atoms with E-state index in [0.717, 1.165) is 24.8 Å². The van der Waals surface area contributed by atoms with E-state index in [-0.39, 0.29) is 0 Å². The zero-order valence-electron chi connectivity index (χ0n) is 9.91. The molecule has 0 amide bonds. The molecule has 0 unspecified atom stereocenters. The Balaban J connectivity index is 1.89. The Morgan fingerprint density at radius 3 is 2.88 bits per heavy atom. The molecule has 2 aliphatic rings. The van der Waals surface area contributed by atoms with Crippen LogP contribution in [0.5, 0.6) is 0 Å². The number of hydrogen-bond acceptors (Lipinski definition) is 4. The normalized spacial score (nSPS) is 24.2. The zero-order chi connectivity index (χ0) is 11.7. The van der Waals surface area contributed by atoms with Gasteiger partial charge in [0.2, 0.25) is 0 Å². The van der Waals surface area contributed by atoms with Gasteiger partial charge in [-0.3, -0.25) is 0 Å². The summed E-state index contributed by atoms with van der Waals surface area (Å²) in [5.41, 5.74) is 0.303. The van der Waals surface area contributed by atoms with Crippen LogP contribution in [0, 0.1) is 0 Å². The van der Waals surface area contributed by atoms with Crippen molar-refractivity contribution < 1.29 is 0 Å². The number of halogens is 1. The summed E-state index contributed by atoms with van der Waals surface area (Å²) in [7, 11) is 0. The van der Waals surface area contributed by atoms with Gasteiger partial charge in [-0.25, -0.2) is 4.98 Å². The first kappa shape index (κ1) is 11.8. The first-order valence-corrected chi connectivity index (χ1v) is 7.65. The van der Waals surface area contributed by atoms with Gasteiger partial charge < -0.3 is 10.2 Å². The second-order valence-corrected chi connectivity index (χ2v) is 6.29. The van der Waals surface area contributed by atoms with Gasteiger partial charge in [-0.2, -0.15) is 0 Å². The highest BCUT2D eigenvalue weighted by molar-refractivity contribution is 7.14. The average Bonchev–Trinajstić information content (AvgIpc) is 2.77. The molecular formula is C12H18ClN3S. The molecule has 0 radical (unpaired) electrons. The Morgan fingerprint density at radius 2 is 2.18 bits per heavy atom. The molecule has 3 rings (SSSR count). The summed E-state index contributed by atoms with van der Waals surface area (Å²) in [6.07, 6.45) is 6.65. The summed E-state index contributed by atoms with van der Waals surface area (Å²) in [5.74, 6) is 0. The summed E-state index contributed by atoms with van der Waals surface area (Å²) in [5, 5.41) is 7.24. The third-order valence-electron chi connectivity index (χ3n) is 4.02. The van der Waals surface area contributed by atoms with Crippen LogP contribution in [0.25, 0.3) is 0 Å². The van der Waals surface area contributed by atoms with Gasteiger partial charge in [-0.15, -0.1) is 11.3 Å². The highest BCUT2D eigenvalue weighted by atomic mass is 35.5. The van der Waals surface area contributed by atoms with Gasteiger partial charge in [-0.1, -0.05) is 30.9 Å². The summed E-state index contributed by atoms with van der Waals surface area (Å²) in [6.45, 7) is 3.22. The van der Waals surface area contributed by atoms with Gasteiger partial charge >= 0.3 is 0 Å². The van der Waals surface area contributed by atoms with Gasteiger partial charge in [0.25, 0.3) is 0 Å². The van der Waals surface area contributed by atoms with E-state index >= 15 is 0 Å². The quantitative estimate of drug-likeness (QED) is 0.851. The van der Waals surface area contributed by atoms with Crippen molar-refractivity contribution in [2.75, 3.05) is 24.5 Å². The van der Waals surface area contributed by atoms with E-state index in [1.165, 1.54) is 32.1 Å². The SMILES string of the molecule is Clc1csc(N2CCNCC23CCCCC3)n1. The lowest BCUT2D eigenvalue weighted by Crippen LogP contribution is -2.62. The lowest BCUT2D eigenvalue weighted by Gasteiger charge is -2.49. The second-order valence-electron chi connectivity index (χ2n) is 5.07. The van der Waals surface area contributed by atoms with Crippen molar-refractivity contribution in [3.63, 3.8) is 0 Å². The number of nitrogens with zero attached hydrogens (tertiary/aromatic N) is 2. The zero-order valence-corrected chi connectivity index (χ0v) is 11.5. The highest BCUT2D eigenvalue weighted by Crippen LogP contribution is 2.39. The predicted octanol–water partition coefficient (Wildman–Crippen LogP) is 2.91. The molecule has 1 aliphatic carbocycles. The van der Waals surface area contributed by atoms with Crippen molar-refractivity contribution in [3.8, 4) is 0 Å². The summed E-state index contributed by atoms with van der Waals surface area (Å²) >= 11 is 7.64. The maximum Gasteiger partial charge on any atom is 0.187 e. The van der Waals surface area contributed by atoms with Crippen LogP contribution in [-0.4, -0.2) is 30.2 Å². The Labute approximate surface area is 111 Å². The summed E-state index contributed by atoms with van der Waals surface area (Å²) < 4.78 is 0. The molecule has 1 aliphatic heterocycles. The summed E-state index contributed by atoms with van der Waals surface area (Å²) in [6, 6.07) is 0. The molecule has 1 aromatic heterocycles. The van der Waals surface area contributed by atoms with E-state index < -0.39 is 0 Å². The molecule has 0 atom stereocenters. The van der Waals surface area contributed by atoms with Gasteiger partial charge in [0.15, 0.2) is 5.13 Å². The standard InChI is InChI=1S/C12H18ClN3S/c13-10-8-17-11(15-10)16-7-6-14-9-12(16)4-2-1-3-5-12/h8,14H,1-7,9H2. The highest BCUT2D eigenvalue weighted by Gasteiger charge is 2.40. The number of piperazine rings is 1. The van der Waals surface area contributed by atoms with Crippen molar-refractivity contribution >= 4 is 28.1 Å². The maximum atomic E-state index is 5.96. The third-order valence-corrected chi connectivity index (χ3v) is 5.20. The fourth-order valence-electron chi connectivity index (χ4n) is 3.17. The van der Waals surface area contributed by atoms with E-state index in [4.69, 9.17) is 11.6 Å². The van der Waals surface area contributed by atoms with Crippen LogP contribution in [0.2, 0.25) is 5.15 Å². The topological polar surface area (TPSA) is 28.2 Å². The lowest BCUT2D eigenvalue weighted by molar-refractivity contribution is 0.241. The number of rotatable bonds is 1. The van der Waals surface area contributed by atoms with Gasteiger partial charge in [0.1, 0.15) is 5.15 Å². The molecule has 1 saturated carbocycles. The Hall–Kier alpha value is -0.320. The van der Waals surface area contributed by atoms with Gasteiger partial charge in [0, 0.05) is 25.0 Å². The molecule has 2 fully saturated rings. The van der Waals surface area contributed by atoms with E-state index in [9.17, 15) is 0 Å². The number of hydrogen-bond donors (Lipinski definition) is 1. The fraction of sp³-hybridized carbons (Fsp3) is 0.750. The van der Waals surface area contributed by atoms with E-state index in [1.54, 1.807) is 11.3 Å². The molecule has 1 saturated heterocycles. The van der Waals surface area contributed by atoms with Gasteiger partial charge in [0.05, 0.1) is 5.54 Å². The molecule has 1 N–H and O–H groups in total. The molecule has 1 spiro atoms.